The Labute approximate surface area is 174 Å². The van der Waals surface area contributed by atoms with E-state index in [1.54, 1.807) is 11.8 Å². The van der Waals surface area contributed by atoms with Crippen LogP contribution in [0.4, 0.5) is 5.69 Å². The molecule has 3 aromatic rings. The lowest BCUT2D eigenvalue weighted by Crippen LogP contribution is -2.14. The Balaban J connectivity index is 1.52. The van der Waals surface area contributed by atoms with Gasteiger partial charge in [-0.2, -0.15) is 0 Å². The van der Waals surface area contributed by atoms with Gasteiger partial charge in [0.1, 0.15) is 5.82 Å². The number of nitrogens with zero attached hydrogens (tertiary/aromatic N) is 3. The van der Waals surface area contributed by atoms with Crippen LogP contribution in [0.2, 0.25) is 0 Å². The lowest BCUT2D eigenvalue weighted by molar-refractivity contribution is -0.113. The maximum Gasteiger partial charge on any atom is 0.234 e. The maximum absolute atomic E-state index is 12.2. The molecule has 28 heavy (non-hydrogen) atoms. The van der Waals surface area contributed by atoms with Crippen molar-refractivity contribution in [2.24, 2.45) is 7.05 Å². The average Bonchev–Trinajstić information content (AvgIpc) is 3.02. The largest absolute Gasteiger partial charge is 0.325 e. The number of amides is 1. The van der Waals surface area contributed by atoms with E-state index in [9.17, 15) is 4.79 Å². The number of carbonyl (C=O) groups excluding carboxylic acids is 1. The van der Waals surface area contributed by atoms with E-state index < -0.39 is 0 Å². The summed E-state index contributed by atoms with van der Waals surface area (Å²) < 4.78 is 1.95. The smallest absolute Gasteiger partial charge is 0.234 e. The molecule has 0 aliphatic rings. The molecule has 0 aliphatic heterocycles. The van der Waals surface area contributed by atoms with Crippen LogP contribution in [0.3, 0.4) is 0 Å². The first-order valence-corrected chi connectivity index (χ1v) is 11.0. The maximum atomic E-state index is 12.2. The highest BCUT2D eigenvalue weighted by atomic mass is 32.2. The molecule has 5 nitrogen and oxygen atoms in total. The van der Waals surface area contributed by atoms with E-state index in [0.29, 0.717) is 5.75 Å². The number of rotatable bonds is 7. The average molecular weight is 413 g/mol. The summed E-state index contributed by atoms with van der Waals surface area (Å²) in [4.78, 5) is 13.4. The van der Waals surface area contributed by atoms with E-state index in [1.807, 2.05) is 36.7 Å². The third kappa shape index (κ3) is 5.39. The van der Waals surface area contributed by atoms with Crippen LogP contribution in [0.1, 0.15) is 22.5 Å². The number of aromatic nitrogens is 3. The highest BCUT2D eigenvalue weighted by molar-refractivity contribution is 7.99. The van der Waals surface area contributed by atoms with Crippen molar-refractivity contribution in [1.82, 2.24) is 14.8 Å². The Morgan fingerprint density at radius 3 is 2.46 bits per heavy atom. The second-order valence-corrected chi connectivity index (χ2v) is 8.69. The van der Waals surface area contributed by atoms with Crippen LogP contribution in [-0.2, 0) is 17.6 Å². The predicted molar refractivity (Wildman–Crippen MR) is 117 cm³/mol. The number of thioether (sulfide) groups is 2. The highest BCUT2D eigenvalue weighted by Crippen LogP contribution is 2.24. The van der Waals surface area contributed by atoms with Crippen LogP contribution in [0, 0.1) is 20.8 Å². The van der Waals surface area contributed by atoms with Crippen molar-refractivity contribution in [2.45, 2.75) is 36.6 Å². The summed E-state index contributed by atoms with van der Waals surface area (Å²) in [5.41, 5.74) is 4.44. The van der Waals surface area contributed by atoms with Crippen molar-refractivity contribution in [3.63, 3.8) is 0 Å². The summed E-state index contributed by atoms with van der Waals surface area (Å²) in [6.07, 6.45) is 0. The number of nitrogens with one attached hydrogen (secondary N) is 1. The molecule has 0 aliphatic carbocycles. The highest BCUT2D eigenvalue weighted by Gasteiger charge is 2.12. The molecule has 0 atom stereocenters. The predicted octanol–water partition coefficient (Wildman–Crippen LogP) is 4.76. The van der Waals surface area contributed by atoms with E-state index in [1.165, 1.54) is 27.8 Å². The number of hydrogen-bond acceptors (Lipinski definition) is 5. The molecule has 0 radical (unpaired) electrons. The molecule has 0 bridgehead atoms. The van der Waals surface area contributed by atoms with Crippen molar-refractivity contribution in [2.75, 3.05) is 11.1 Å². The summed E-state index contributed by atoms with van der Waals surface area (Å²) in [6.45, 7) is 6.17. The van der Waals surface area contributed by atoms with Crippen LogP contribution in [0.25, 0.3) is 0 Å². The number of aryl methyl sites for hydroxylation is 3. The normalized spacial score (nSPS) is 10.9. The fourth-order valence-corrected chi connectivity index (χ4v) is 4.13. The first-order chi connectivity index (χ1) is 13.4. The van der Waals surface area contributed by atoms with Gasteiger partial charge in [0.05, 0.1) is 11.5 Å². The standard InChI is InChI=1S/C21H24N4OS2/c1-14-5-9-18(10-6-14)27-12-19-23-24-21(25(19)4)28-13-20(26)22-17-8-7-15(2)16(3)11-17/h5-11H,12-13H2,1-4H3,(H,22,26). The van der Waals surface area contributed by atoms with Crippen LogP contribution >= 0.6 is 23.5 Å². The van der Waals surface area contributed by atoms with Crippen molar-refractivity contribution in [1.29, 1.82) is 0 Å². The van der Waals surface area contributed by atoms with Gasteiger partial charge >= 0.3 is 0 Å². The van der Waals surface area contributed by atoms with Crippen LogP contribution in [-0.4, -0.2) is 26.4 Å². The van der Waals surface area contributed by atoms with Gasteiger partial charge in [0.2, 0.25) is 5.91 Å². The fourth-order valence-electron chi connectivity index (χ4n) is 2.53. The molecule has 0 saturated heterocycles. The molecule has 2 aromatic carbocycles. The van der Waals surface area contributed by atoms with E-state index in [2.05, 4.69) is 53.6 Å². The molecule has 0 saturated carbocycles. The molecule has 1 amide bonds. The monoisotopic (exact) mass is 412 g/mol. The molecule has 0 unspecified atom stereocenters. The quantitative estimate of drug-likeness (QED) is 0.567. The Morgan fingerprint density at radius 2 is 1.75 bits per heavy atom. The third-order valence-electron chi connectivity index (χ3n) is 4.44. The van der Waals surface area contributed by atoms with Gasteiger partial charge in [-0.15, -0.1) is 22.0 Å². The molecule has 146 valence electrons. The topological polar surface area (TPSA) is 59.8 Å². The molecule has 3 rings (SSSR count). The molecule has 1 N–H and O–H groups in total. The first-order valence-electron chi connectivity index (χ1n) is 9.00. The summed E-state index contributed by atoms with van der Waals surface area (Å²) in [6, 6.07) is 14.4. The van der Waals surface area contributed by atoms with Gasteiger partial charge in [0, 0.05) is 17.6 Å². The summed E-state index contributed by atoms with van der Waals surface area (Å²) >= 11 is 3.12. The summed E-state index contributed by atoms with van der Waals surface area (Å²) in [7, 11) is 1.94. The molecule has 1 heterocycles. The van der Waals surface area contributed by atoms with Crippen molar-refractivity contribution in [3.05, 3.63) is 65.0 Å². The van der Waals surface area contributed by atoms with Gasteiger partial charge in [0.25, 0.3) is 0 Å². The van der Waals surface area contributed by atoms with Gasteiger partial charge in [-0.05, 0) is 56.2 Å². The molecular formula is C21H24N4OS2. The van der Waals surface area contributed by atoms with Gasteiger partial charge < -0.3 is 9.88 Å². The zero-order valence-corrected chi connectivity index (χ0v) is 18.2. The minimum absolute atomic E-state index is 0.0492. The lowest BCUT2D eigenvalue weighted by Gasteiger charge is -2.08. The number of hydrogen-bond donors (Lipinski definition) is 1. The van der Waals surface area contributed by atoms with Gasteiger partial charge in [-0.3, -0.25) is 4.79 Å². The van der Waals surface area contributed by atoms with Crippen molar-refractivity contribution >= 4 is 35.1 Å². The molecule has 1 aromatic heterocycles. The fraction of sp³-hybridized carbons (Fsp3) is 0.286. The SMILES string of the molecule is Cc1ccc(SCc2nnc(SCC(=O)Nc3ccc(C)c(C)c3)n2C)cc1. The van der Waals surface area contributed by atoms with Crippen molar-refractivity contribution < 1.29 is 4.79 Å². The van der Waals surface area contributed by atoms with Gasteiger partial charge in [-0.25, -0.2) is 0 Å². The van der Waals surface area contributed by atoms with E-state index in [-0.39, 0.29) is 5.91 Å². The number of benzene rings is 2. The van der Waals surface area contributed by atoms with Gasteiger partial charge in [0.15, 0.2) is 5.16 Å². The van der Waals surface area contributed by atoms with E-state index >= 15 is 0 Å². The van der Waals surface area contributed by atoms with E-state index in [4.69, 9.17) is 0 Å². The Hall–Kier alpha value is -2.25. The second kappa shape index (κ2) is 9.30. The molecule has 7 heteroatoms. The Kier molecular flexibility index (Phi) is 6.80. The zero-order valence-electron chi connectivity index (χ0n) is 16.5. The van der Waals surface area contributed by atoms with E-state index in [0.717, 1.165) is 28.0 Å². The minimum atomic E-state index is -0.0492. The molecule has 0 spiro atoms. The summed E-state index contributed by atoms with van der Waals surface area (Å²) in [5, 5.41) is 12.2. The van der Waals surface area contributed by atoms with Gasteiger partial charge in [-0.1, -0.05) is 35.5 Å². The summed E-state index contributed by atoms with van der Waals surface area (Å²) in [5.74, 6) is 1.88. The lowest BCUT2D eigenvalue weighted by atomic mass is 10.1. The minimum Gasteiger partial charge on any atom is -0.325 e. The second-order valence-electron chi connectivity index (χ2n) is 6.70. The number of anilines is 1. The Bertz CT molecular complexity index is 967. The first kappa shape index (κ1) is 20.5. The molecule has 0 fully saturated rings. The van der Waals surface area contributed by atoms with Crippen LogP contribution in [0.15, 0.2) is 52.5 Å². The molecular weight excluding hydrogens is 388 g/mol. The van der Waals surface area contributed by atoms with Crippen molar-refractivity contribution in [3.8, 4) is 0 Å². The number of carbonyl (C=O) groups is 1. The van der Waals surface area contributed by atoms with Crippen LogP contribution in [0.5, 0.6) is 0 Å². The zero-order chi connectivity index (χ0) is 20.1. The van der Waals surface area contributed by atoms with Crippen LogP contribution < -0.4 is 5.32 Å². The Morgan fingerprint density at radius 1 is 1.00 bits per heavy atom. The third-order valence-corrected chi connectivity index (χ3v) is 6.47.